The predicted octanol–water partition coefficient (Wildman–Crippen LogP) is 4.61. The van der Waals surface area contributed by atoms with Crippen molar-refractivity contribution in [2.75, 3.05) is 6.61 Å². The first-order valence-corrected chi connectivity index (χ1v) is 11.3. The molecule has 172 valence electrons. The molecule has 5 nitrogen and oxygen atoms in total. The Balaban J connectivity index is 1.76. The molecule has 3 rings (SSSR count). The van der Waals surface area contributed by atoms with E-state index < -0.39 is 11.9 Å². The van der Waals surface area contributed by atoms with Crippen LogP contribution in [0.2, 0.25) is 0 Å². The van der Waals surface area contributed by atoms with Gasteiger partial charge in [-0.25, -0.2) is 4.39 Å². The van der Waals surface area contributed by atoms with Crippen molar-refractivity contribution in [3.05, 3.63) is 64.5 Å². The van der Waals surface area contributed by atoms with Crippen LogP contribution in [0.5, 0.6) is 5.75 Å². The fraction of sp³-hybridized carbons (Fsp3) is 0.462. The second-order valence-electron chi connectivity index (χ2n) is 8.77. The van der Waals surface area contributed by atoms with Gasteiger partial charge in [-0.2, -0.15) is 0 Å². The van der Waals surface area contributed by atoms with Crippen molar-refractivity contribution < 1.29 is 18.7 Å². The summed E-state index contributed by atoms with van der Waals surface area (Å²) in [4.78, 5) is 27.5. The van der Waals surface area contributed by atoms with Crippen molar-refractivity contribution in [1.82, 2.24) is 10.2 Å². The number of hydrogen-bond acceptors (Lipinski definition) is 3. The highest BCUT2D eigenvalue weighted by Gasteiger charge is 2.29. The molecule has 1 saturated carbocycles. The number of halogens is 1. The van der Waals surface area contributed by atoms with Gasteiger partial charge in [0.2, 0.25) is 5.91 Å². The number of ether oxygens (including phenoxy) is 1. The van der Waals surface area contributed by atoms with Gasteiger partial charge in [0, 0.05) is 18.2 Å². The van der Waals surface area contributed by atoms with Gasteiger partial charge in [-0.3, -0.25) is 9.59 Å². The van der Waals surface area contributed by atoms with Crippen LogP contribution in [0, 0.1) is 26.6 Å². The minimum Gasteiger partial charge on any atom is -0.483 e. The Morgan fingerprint density at radius 3 is 2.53 bits per heavy atom. The molecular weight excluding hydrogens is 407 g/mol. The lowest BCUT2D eigenvalue weighted by molar-refractivity contribution is -0.142. The van der Waals surface area contributed by atoms with E-state index in [0.717, 1.165) is 42.4 Å². The van der Waals surface area contributed by atoms with Crippen LogP contribution in [-0.4, -0.2) is 35.4 Å². The van der Waals surface area contributed by atoms with E-state index in [1.54, 1.807) is 25.1 Å². The number of benzene rings is 2. The van der Waals surface area contributed by atoms with Crippen LogP contribution in [0.15, 0.2) is 36.4 Å². The molecule has 2 amide bonds. The summed E-state index contributed by atoms with van der Waals surface area (Å²) >= 11 is 0. The van der Waals surface area contributed by atoms with E-state index in [1.807, 2.05) is 26.8 Å². The molecule has 2 aromatic rings. The Bertz CT molecular complexity index is 970. The second kappa shape index (κ2) is 10.6. The highest BCUT2D eigenvalue weighted by atomic mass is 19.1. The zero-order chi connectivity index (χ0) is 23.3. The smallest absolute Gasteiger partial charge is 0.261 e. The molecule has 0 unspecified atom stereocenters. The summed E-state index contributed by atoms with van der Waals surface area (Å²) in [5, 5.41) is 3.04. The Hall–Kier alpha value is -2.89. The number of hydrogen-bond donors (Lipinski definition) is 1. The van der Waals surface area contributed by atoms with Crippen LogP contribution in [-0.2, 0) is 16.1 Å². The summed E-state index contributed by atoms with van der Waals surface area (Å²) < 4.78 is 20.2. The molecule has 0 aliphatic heterocycles. The molecule has 1 atom stereocenters. The third-order valence-corrected chi connectivity index (χ3v) is 6.28. The van der Waals surface area contributed by atoms with E-state index in [2.05, 4.69) is 11.4 Å². The Morgan fingerprint density at radius 1 is 1.16 bits per heavy atom. The van der Waals surface area contributed by atoms with Gasteiger partial charge in [0.1, 0.15) is 17.6 Å². The van der Waals surface area contributed by atoms with Crippen LogP contribution in [0.1, 0.15) is 54.9 Å². The van der Waals surface area contributed by atoms with E-state index in [9.17, 15) is 14.0 Å². The van der Waals surface area contributed by atoms with Crippen molar-refractivity contribution in [3.8, 4) is 5.75 Å². The third kappa shape index (κ3) is 5.87. The van der Waals surface area contributed by atoms with Gasteiger partial charge in [-0.15, -0.1) is 0 Å². The van der Waals surface area contributed by atoms with Crippen LogP contribution in [0.3, 0.4) is 0 Å². The molecule has 1 fully saturated rings. The van der Waals surface area contributed by atoms with Gasteiger partial charge < -0.3 is 15.0 Å². The first-order chi connectivity index (χ1) is 15.3. The topological polar surface area (TPSA) is 58.6 Å². The molecule has 6 heteroatoms. The van der Waals surface area contributed by atoms with Gasteiger partial charge in [0.05, 0.1) is 0 Å². The highest BCUT2D eigenvalue weighted by Crippen LogP contribution is 2.24. The minimum atomic E-state index is -0.744. The van der Waals surface area contributed by atoms with Crippen molar-refractivity contribution in [1.29, 1.82) is 0 Å². The van der Waals surface area contributed by atoms with Crippen LogP contribution < -0.4 is 10.1 Å². The molecule has 0 bridgehead atoms. The lowest BCUT2D eigenvalue weighted by atomic mass is 10.1. The van der Waals surface area contributed by atoms with E-state index in [0.29, 0.717) is 11.3 Å². The van der Waals surface area contributed by atoms with Gasteiger partial charge >= 0.3 is 0 Å². The second-order valence-corrected chi connectivity index (χ2v) is 8.77. The first kappa shape index (κ1) is 23.8. The normalized spacial score (nSPS) is 14.8. The average molecular weight is 441 g/mol. The summed E-state index contributed by atoms with van der Waals surface area (Å²) in [6, 6.07) is 9.67. The summed E-state index contributed by atoms with van der Waals surface area (Å²) in [5.74, 6) is -0.338. The van der Waals surface area contributed by atoms with Crippen molar-refractivity contribution in [3.63, 3.8) is 0 Å². The summed E-state index contributed by atoms with van der Waals surface area (Å²) in [6.07, 6.45) is 4.10. The van der Waals surface area contributed by atoms with Gasteiger partial charge in [0.15, 0.2) is 6.61 Å². The lowest BCUT2D eigenvalue weighted by Crippen LogP contribution is -2.50. The number of nitrogens with zero attached hydrogens (tertiary/aromatic N) is 1. The van der Waals surface area contributed by atoms with E-state index in [4.69, 9.17) is 4.74 Å². The van der Waals surface area contributed by atoms with Crippen LogP contribution in [0.25, 0.3) is 0 Å². The Labute approximate surface area is 190 Å². The molecule has 0 saturated heterocycles. The molecule has 2 aromatic carbocycles. The Morgan fingerprint density at radius 2 is 1.84 bits per heavy atom. The maximum atomic E-state index is 14.3. The number of aryl methyl sites for hydroxylation is 2. The van der Waals surface area contributed by atoms with E-state index >= 15 is 0 Å². The molecule has 1 aliphatic rings. The van der Waals surface area contributed by atoms with Gasteiger partial charge in [-0.05, 0) is 69.4 Å². The molecule has 0 spiro atoms. The van der Waals surface area contributed by atoms with Gasteiger partial charge in [-0.1, -0.05) is 37.1 Å². The summed E-state index contributed by atoms with van der Waals surface area (Å²) in [6.45, 7) is 7.38. The monoisotopic (exact) mass is 440 g/mol. The SMILES string of the molecule is Cc1cc(C)c(C)c(OCC(=O)N(Cc2ccccc2F)[C@H](C)C(=O)NC2CCCC2)c1. The number of amides is 2. The standard InChI is InChI=1S/C26H33FN2O3/c1-17-13-18(2)19(3)24(14-17)32-16-25(30)29(15-21-9-5-8-12-23(21)27)20(4)26(31)28-22-10-6-7-11-22/h5,8-9,12-14,20,22H,6-7,10-11,15-16H2,1-4H3,(H,28,31)/t20-/m1/s1. The van der Waals surface area contributed by atoms with Crippen LogP contribution in [0.4, 0.5) is 4.39 Å². The van der Waals surface area contributed by atoms with Crippen molar-refractivity contribution >= 4 is 11.8 Å². The largest absolute Gasteiger partial charge is 0.483 e. The van der Waals surface area contributed by atoms with Crippen molar-refractivity contribution in [2.24, 2.45) is 0 Å². The molecule has 0 heterocycles. The maximum Gasteiger partial charge on any atom is 0.261 e. The molecular formula is C26H33FN2O3. The van der Waals surface area contributed by atoms with Gasteiger partial charge in [0.25, 0.3) is 5.91 Å². The fourth-order valence-corrected chi connectivity index (χ4v) is 4.16. The van der Waals surface area contributed by atoms with Crippen molar-refractivity contribution in [2.45, 2.75) is 72.0 Å². The number of rotatable bonds is 8. The quantitative estimate of drug-likeness (QED) is 0.652. The summed E-state index contributed by atoms with van der Waals surface area (Å²) in [7, 11) is 0. The number of nitrogens with one attached hydrogen (secondary N) is 1. The predicted molar refractivity (Wildman–Crippen MR) is 123 cm³/mol. The number of carbonyl (C=O) groups excluding carboxylic acids is 2. The van der Waals surface area contributed by atoms with E-state index in [-0.39, 0.29) is 31.0 Å². The zero-order valence-corrected chi connectivity index (χ0v) is 19.4. The van der Waals surface area contributed by atoms with Crippen LogP contribution >= 0.6 is 0 Å². The lowest BCUT2D eigenvalue weighted by Gasteiger charge is -2.30. The first-order valence-electron chi connectivity index (χ1n) is 11.3. The molecule has 1 aliphatic carbocycles. The maximum absolute atomic E-state index is 14.3. The molecule has 32 heavy (non-hydrogen) atoms. The average Bonchev–Trinajstić information content (AvgIpc) is 3.27. The van der Waals surface area contributed by atoms with E-state index in [1.165, 1.54) is 11.0 Å². The molecule has 0 aromatic heterocycles. The highest BCUT2D eigenvalue weighted by molar-refractivity contribution is 5.88. The fourth-order valence-electron chi connectivity index (χ4n) is 4.16. The minimum absolute atomic E-state index is 0.0000522. The molecule has 0 radical (unpaired) electrons. The zero-order valence-electron chi connectivity index (χ0n) is 19.4. The summed E-state index contributed by atoms with van der Waals surface area (Å²) in [5.41, 5.74) is 3.46. The third-order valence-electron chi connectivity index (χ3n) is 6.28. The number of carbonyl (C=O) groups is 2. The Kier molecular flexibility index (Phi) is 7.89. The molecule has 1 N–H and O–H groups in total.